The fourth-order valence-electron chi connectivity index (χ4n) is 4.09. The van der Waals surface area contributed by atoms with Crippen LogP contribution in [0.2, 0.25) is 0 Å². The standard InChI is InChI=1S/C23H28N2O3/c1-3-13-25-22(26)20-11-4-5-12-21(20)24-23(25,2)17-8-6-9-18(15-17)28-16-19-10-7-14-27-19/h4-6,8-9,11-12,15,19,24H,3,7,10,13-14,16H2,1-2H3. The summed E-state index contributed by atoms with van der Waals surface area (Å²) in [5.41, 5.74) is 1.96. The van der Waals surface area contributed by atoms with Crippen molar-refractivity contribution in [3.63, 3.8) is 0 Å². The van der Waals surface area contributed by atoms with Gasteiger partial charge < -0.3 is 19.7 Å². The topological polar surface area (TPSA) is 50.8 Å². The Kier molecular flexibility index (Phi) is 5.27. The average molecular weight is 380 g/mol. The second-order valence-electron chi connectivity index (χ2n) is 7.67. The first-order valence-electron chi connectivity index (χ1n) is 10.2. The molecule has 2 aromatic carbocycles. The third-order valence-corrected chi connectivity index (χ3v) is 5.62. The molecule has 1 N–H and O–H groups in total. The molecule has 2 aromatic rings. The van der Waals surface area contributed by atoms with Crippen LogP contribution in [-0.2, 0) is 10.4 Å². The molecule has 0 aliphatic carbocycles. The smallest absolute Gasteiger partial charge is 0.258 e. The molecule has 0 aromatic heterocycles. The SMILES string of the molecule is CCCN1C(=O)c2ccccc2NC1(C)c1cccc(OCC2CCCO2)c1. The van der Waals surface area contributed by atoms with E-state index in [0.29, 0.717) is 13.2 Å². The van der Waals surface area contributed by atoms with Crippen LogP contribution >= 0.6 is 0 Å². The number of nitrogens with one attached hydrogen (secondary N) is 1. The summed E-state index contributed by atoms with van der Waals surface area (Å²) in [4.78, 5) is 15.1. The third kappa shape index (κ3) is 3.47. The Morgan fingerprint density at radius 2 is 2.11 bits per heavy atom. The van der Waals surface area contributed by atoms with Crippen molar-refractivity contribution in [3.05, 3.63) is 59.7 Å². The van der Waals surface area contributed by atoms with Crippen molar-refractivity contribution in [1.29, 1.82) is 0 Å². The first kappa shape index (κ1) is 18.8. The van der Waals surface area contributed by atoms with E-state index in [9.17, 15) is 4.79 Å². The minimum absolute atomic E-state index is 0.0596. The molecule has 0 saturated carbocycles. The molecule has 0 spiro atoms. The first-order valence-corrected chi connectivity index (χ1v) is 10.2. The Bertz CT molecular complexity index is 847. The van der Waals surface area contributed by atoms with Gasteiger partial charge in [-0.1, -0.05) is 31.2 Å². The number of para-hydroxylation sites is 1. The number of anilines is 1. The molecule has 28 heavy (non-hydrogen) atoms. The summed E-state index contributed by atoms with van der Waals surface area (Å²) in [7, 11) is 0. The van der Waals surface area contributed by atoms with Gasteiger partial charge >= 0.3 is 0 Å². The molecule has 0 bridgehead atoms. The van der Waals surface area contributed by atoms with E-state index >= 15 is 0 Å². The van der Waals surface area contributed by atoms with E-state index in [4.69, 9.17) is 9.47 Å². The van der Waals surface area contributed by atoms with Gasteiger partial charge in [-0.3, -0.25) is 4.79 Å². The Hall–Kier alpha value is -2.53. The van der Waals surface area contributed by atoms with Crippen molar-refractivity contribution < 1.29 is 14.3 Å². The van der Waals surface area contributed by atoms with Gasteiger partial charge in [0.25, 0.3) is 5.91 Å². The van der Waals surface area contributed by atoms with Gasteiger partial charge in [-0.2, -0.15) is 0 Å². The highest BCUT2D eigenvalue weighted by Gasteiger charge is 2.42. The lowest BCUT2D eigenvalue weighted by Gasteiger charge is -2.46. The molecule has 1 fully saturated rings. The van der Waals surface area contributed by atoms with Crippen molar-refractivity contribution in [1.82, 2.24) is 4.90 Å². The second-order valence-corrected chi connectivity index (χ2v) is 7.67. The third-order valence-electron chi connectivity index (χ3n) is 5.62. The molecule has 148 valence electrons. The zero-order valence-electron chi connectivity index (χ0n) is 16.6. The van der Waals surface area contributed by atoms with Gasteiger partial charge in [0.1, 0.15) is 18.0 Å². The number of hydrogen-bond donors (Lipinski definition) is 1. The molecule has 1 saturated heterocycles. The highest BCUT2D eigenvalue weighted by atomic mass is 16.5. The second kappa shape index (κ2) is 7.84. The fourth-order valence-corrected chi connectivity index (χ4v) is 4.09. The van der Waals surface area contributed by atoms with E-state index in [2.05, 4.69) is 25.2 Å². The predicted octanol–water partition coefficient (Wildman–Crippen LogP) is 4.40. The summed E-state index contributed by atoms with van der Waals surface area (Å²) in [5.74, 6) is 0.864. The summed E-state index contributed by atoms with van der Waals surface area (Å²) >= 11 is 0. The van der Waals surface area contributed by atoms with Crippen molar-refractivity contribution in [3.8, 4) is 5.75 Å². The van der Waals surface area contributed by atoms with Gasteiger partial charge in [0, 0.05) is 24.4 Å². The molecule has 2 heterocycles. The van der Waals surface area contributed by atoms with Crippen LogP contribution in [-0.4, -0.2) is 36.7 Å². The van der Waals surface area contributed by atoms with E-state index in [-0.39, 0.29) is 12.0 Å². The van der Waals surface area contributed by atoms with Gasteiger partial charge in [-0.15, -0.1) is 0 Å². The van der Waals surface area contributed by atoms with Gasteiger partial charge in [0.2, 0.25) is 0 Å². The molecule has 4 rings (SSSR count). The van der Waals surface area contributed by atoms with Crippen LogP contribution in [0, 0.1) is 0 Å². The lowest BCUT2D eigenvalue weighted by atomic mass is 9.93. The van der Waals surface area contributed by atoms with E-state index in [1.807, 2.05) is 47.4 Å². The van der Waals surface area contributed by atoms with Crippen molar-refractivity contribution in [2.45, 2.75) is 44.9 Å². The zero-order chi connectivity index (χ0) is 19.6. The lowest BCUT2D eigenvalue weighted by Crippen LogP contribution is -2.56. The van der Waals surface area contributed by atoms with Crippen LogP contribution in [0.5, 0.6) is 5.75 Å². The largest absolute Gasteiger partial charge is 0.491 e. The molecule has 2 aliphatic rings. The van der Waals surface area contributed by atoms with E-state index in [1.54, 1.807) is 0 Å². The van der Waals surface area contributed by atoms with E-state index in [1.165, 1.54) is 0 Å². The number of carbonyl (C=O) groups excluding carboxylic acids is 1. The normalized spacial score (nSPS) is 24.0. The maximum atomic E-state index is 13.2. The Morgan fingerprint density at radius 1 is 1.25 bits per heavy atom. The quantitative estimate of drug-likeness (QED) is 0.807. The molecule has 5 heteroatoms. The summed E-state index contributed by atoms with van der Waals surface area (Å²) < 4.78 is 11.7. The van der Waals surface area contributed by atoms with Gasteiger partial charge in [-0.05, 0) is 50.5 Å². The molecule has 5 nitrogen and oxygen atoms in total. The predicted molar refractivity (Wildman–Crippen MR) is 110 cm³/mol. The monoisotopic (exact) mass is 380 g/mol. The van der Waals surface area contributed by atoms with Crippen LogP contribution in [0.25, 0.3) is 0 Å². The highest BCUT2D eigenvalue weighted by molar-refractivity contribution is 6.02. The number of hydrogen-bond acceptors (Lipinski definition) is 4. The van der Waals surface area contributed by atoms with Gasteiger partial charge in [0.05, 0.1) is 11.7 Å². The summed E-state index contributed by atoms with van der Waals surface area (Å²) in [5, 5.41) is 3.60. The van der Waals surface area contributed by atoms with Crippen molar-refractivity contribution >= 4 is 11.6 Å². The molecule has 0 radical (unpaired) electrons. The lowest BCUT2D eigenvalue weighted by molar-refractivity contribution is 0.0533. The van der Waals surface area contributed by atoms with Crippen molar-refractivity contribution in [2.24, 2.45) is 0 Å². The Labute approximate surface area is 166 Å². The van der Waals surface area contributed by atoms with E-state index in [0.717, 1.165) is 48.4 Å². The van der Waals surface area contributed by atoms with Gasteiger partial charge in [-0.25, -0.2) is 0 Å². The number of rotatable bonds is 6. The number of amides is 1. The molecule has 2 atom stereocenters. The van der Waals surface area contributed by atoms with Crippen LogP contribution in [0.3, 0.4) is 0 Å². The Balaban J connectivity index is 1.63. The van der Waals surface area contributed by atoms with Crippen LogP contribution in [0.1, 0.15) is 49.0 Å². The number of fused-ring (bicyclic) bond motifs is 1. The molecular formula is C23H28N2O3. The number of benzene rings is 2. The van der Waals surface area contributed by atoms with Crippen LogP contribution in [0.15, 0.2) is 48.5 Å². The van der Waals surface area contributed by atoms with Crippen LogP contribution < -0.4 is 10.1 Å². The maximum absolute atomic E-state index is 13.2. The Morgan fingerprint density at radius 3 is 2.89 bits per heavy atom. The maximum Gasteiger partial charge on any atom is 0.258 e. The summed E-state index contributed by atoms with van der Waals surface area (Å²) in [6.45, 7) is 6.22. The highest BCUT2D eigenvalue weighted by Crippen LogP contribution is 2.38. The van der Waals surface area contributed by atoms with Crippen LogP contribution in [0.4, 0.5) is 5.69 Å². The summed E-state index contributed by atoms with van der Waals surface area (Å²) in [6, 6.07) is 15.7. The first-order chi connectivity index (χ1) is 13.6. The average Bonchev–Trinajstić information content (AvgIpc) is 3.23. The number of nitrogens with zero attached hydrogens (tertiary/aromatic N) is 1. The molecule has 2 aliphatic heterocycles. The fraction of sp³-hybridized carbons (Fsp3) is 0.435. The molecule has 2 unspecified atom stereocenters. The van der Waals surface area contributed by atoms with Crippen molar-refractivity contribution in [2.75, 3.05) is 25.1 Å². The zero-order valence-corrected chi connectivity index (χ0v) is 16.6. The number of ether oxygens (including phenoxy) is 2. The van der Waals surface area contributed by atoms with Gasteiger partial charge in [0.15, 0.2) is 0 Å². The minimum Gasteiger partial charge on any atom is -0.491 e. The molecular weight excluding hydrogens is 352 g/mol. The molecule has 1 amide bonds. The summed E-state index contributed by atoms with van der Waals surface area (Å²) in [6.07, 6.45) is 3.22. The minimum atomic E-state index is -0.634. The van der Waals surface area contributed by atoms with E-state index < -0.39 is 5.66 Å². The number of carbonyl (C=O) groups is 1.